The molecule has 0 aliphatic rings. The Hall–Kier alpha value is -3.35. The van der Waals surface area contributed by atoms with Crippen molar-refractivity contribution in [3.05, 3.63) is 59.7 Å². The van der Waals surface area contributed by atoms with Crippen LogP contribution in [-0.2, 0) is 14.3 Å². The molecule has 0 fully saturated rings. The number of nitrogens with one attached hydrogen (secondary N) is 2. The molecule has 0 heterocycles. The van der Waals surface area contributed by atoms with Crippen LogP contribution in [0.25, 0.3) is 0 Å². The third-order valence-corrected chi connectivity index (χ3v) is 5.36. The highest BCUT2D eigenvalue weighted by atomic mass is 16.5. The molecule has 7 nitrogen and oxygen atoms in total. The first-order valence-electron chi connectivity index (χ1n) is 11.3. The first kappa shape index (κ1) is 25.9. The Morgan fingerprint density at radius 2 is 1.55 bits per heavy atom. The highest BCUT2D eigenvalue weighted by Gasteiger charge is 2.26. The third kappa shape index (κ3) is 7.93. The number of carbonyl (C=O) groups is 3. The van der Waals surface area contributed by atoms with Gasteiger partial charge in [-0.15, -0.1) is 0 Å². The molecule has 7 heteroatoms. The summed E-state index contributed by atoms with van der Waals surface area (Å²) in [5, 5.41) is 5.41. The van der Waals surface area contributed by atoms with Gasteiger partial charge in [0.2, 0.25) is 0 Å². The Labute approximate surface area is 195 Å². The highest BCUT2D eigenvalue weighted by molar-refractivity contribution is 5.97. The van der Waals surface area contributed by atoms with Gasteiger partial charge in [-0.3, -0.25) is 9.59 Å². The van der Waals surface area contributed by atoms with Gasteiger partial charge in [0, 0.05) is 11.3 Å². The molecule has 2 rings (SSSR count). The lowest BCUT2D eigenvalue weighted by Crippen LogP contribution is -2.45. The number of benzene rings is 2. The normalized spacial score (nSPS) is 12.5. The smallest absolute Gasteiger partial charge is 0.329 e. The van der Waals surface area contributed by atoms with Gasteiger partial charge in [0.15, 0.2) is 6.61 Å². The summed E-state index contributed by atoms with van der Waals surface area (Å²) in [6.45, 7) is 9.83. The summed E-state index contributed by atoms with van der Waals surface area (Å²) in [5.74, 6) is -0.623. The molecule has 0 saturated heterocycles. The molecule has 0 aliphatic carbocycles. The fourth-order valence-corrected chi connectivity index (χ4v) is 3.15. The van der Waals surface area contributed by atoms with E-state index in [0.717, 1.165) is 6.42 Å². The predicted molar refractivity (Wildman–Crippen MR) is 128 cm³/mol. The summed E-state index contributed by atoms with van der Waals surface area (Å²) in [4.78, 5) is 37.4. The maximum absolute atomic E-state index is 12.6. The number of carbonyl (C=O) groups excluding carboxylic acids is 3. The second kappa shape index (κ2) is 12.6. The third-order valence-electron chi connectivity index (χ3n) is 5.36. The fourth-order valence-electron chi connectivity index (χ4n) is 3.15. The van der Waals surface area contributed by atoms with E-state index in [1.807, 2.05) is 31.2 Å². The van der Waals surface area contributed by atoms with Crippen molar-refractivity contribution >= 4 is 23.5 Å². The van der Waals surface area contributed by atoms with Gasteiger partial charge in [0.05, 0.1) is 6.61 Å². The topological polar surface area (TPSA) is 93.7 Å². The summed E-state index contributed by atoms with van der Waals surface area (Å²) in [5.41, 5.74) is 2.23. The molecule has 2 atom stereocenters. The number of anilines is 1. The molecular formula is C26H34N2O5. The van der Waals surface area contributed by atoms with Crippen LogP contribution in [0, 0.1) is 5.92 Å². The van der Waals surface area contributed by atoms with E-state index in [2.05, 4.69) is 24.5 Å². The van der Waals surface area contributed by atoms with Crippen LogP contribution in [0.3, 0.4) is 0 Å². The molecule has 2 aromatic carbocycles. The second-order valence-electron chi connectivity index (χ2n) is 8.24. The molecule has 178 valence electrons. The summed E-state index contributed by atoms with van der Waals surface area (Å²) >= 11 is 0. The number of ether oxygens (including phenoxy) is 2. The number of rotatable bonds is 11. The Morgan fingerprint density at radius 1 is 0.909 bits per heavy atom. The van der Waals surface area contributed by atoms with Gasteiger partial charge in [-0.1, -0.05) is 39.8 Å². The molecule has 0 aromatic heterocycles. The fraction of sp³-hybridized carbons (Fsp3) is 0.423. The average molecular weight is 455 g/mol. The zero-order chi connectivity index (χ0) is 24.4. The van der Waals surface area contributed by atoms with Crippen molar-refractivity contribution in [2.24, 2.45) is 5.92 Å². The van der Waals surface area contributed by atoms with Gasteiger partial charge < -0.3 is 20.1 Å². The van der Waals surface area contributed by atoms with Gasteiger partial charge in [-0.05, 0) is 67.1 Å². The maximum atomic E-state index is 12.6. The van der Waals surface area contributed by atoms with Gasteiger partial charge in [-0.25, -0.2) is 4.79 Å². The van der Waals surface area contributed by atoms with Crippen molar-refractivity contribution < 1.29 is 23.9 Å². The minimum atomic E-state index is -0.883. The monoisotopic (exact) mass is 454 g/mol. The Bertz CT molecular complexity index is 923. The molecule has 0 saturated carbocycles. The summed E-state index contributed by atoms with van der Waals surface area (Å²) in [6, 6.07) is 13.4. The summed E-state index contributed by atoms with van der Waals surface area (Å²) in [7, 11) is 0. The first-order valence-corrected chi connectivity index (χ1v) is 11.3. The summed E-state index contributed by atoms with van der Waals surface area (Å²) in [6.07, 6.45) is 1.04. The lowest BCUT2D eigenvalue weighted by Gasteiger charge is -2.21. The van der Waals surface area contributed by atoms with Gasteiger partial charge in [-0.2, -0.15) is 0 Å². The SMILES string of the molecule is CCOc1ccc(C(=O)N[C@H](C(=O)OCC(=O)Nc2ccc(C(C)CC)cc2)C(C)C)cc1. The molecule has 0 radical (unpaired) electrons. The van der Waals surface area contributed by atoms with E-state index in [0.29, 0.717) is 29.5 Å². The van der Waals surface area contributed by atoms with Crippen molar-refractivity contribution in [3.63, 3.8) is 0 Å². The lowest BCUT2D eigenvalue weighted by molar-refractivity contribution is -0.150. The van der Waals surface area contributed by atoms with E-state index in [4.69, 9.17) is 9.47 Å². The average Bonchev–Trinajstić information content (AvgIpc) is 2.81. The zero-order valence-electron chi connectivity index (χ0n) is 20.0. The minimum absolute atomic E-state index is 0.222. The number of amides is 2. The van der Waals surface area contributed by atoms with Crippen LogP contribution in [0.4, 0.5) is 5.69 Å². The van der Waals surface area contributed by atoms with Crippen molar-refractivity contribution in [3.8, 4) is 5.75 Å². The quantitative estimate of drug-likeness (QED) is 0.487. The van der Waals surface area contributed by atoms with Crippen molar-refractivity contribution in [1.29, 1.82) is 0 Å². The Morgan fingerprint density at radius 3 is 2.09 bits per heavy atom. The molecule has 0 bridgehead atoms. The molecule has 0 spiro atoms. The molecule has 2 amide bonds. The van der Waals surface area contributed by atoms with E-state index in [1.54, 1.807) is 38.1 Å². The van der Waals surface area contributed by atoms with E-state index in [-0.39, 0.29) is 5.92 Å². The maximum Gasteiger partial charge on any atom is 0.329 e. The molecule has 33 heavy (non-hydrogen) atoms. The van der Waals surface area contributed by atoms with Crippen LogP contribution in [0.5, 0.6) is 5.75 Å². The van der Waals surface area contributed by atoms with E-state index in [9.17, 15) is 14.4 Å². The van der Waals surface area contributed by atoms with E-state index < -0.39 is 30.4 Å². The van der Waals surface area contributed by atoms with Crippen LogP contribution in [0.2, 0.25) is 0 Å². The van der Waals surface area contributed by atoms with Gasteiger partial charge in [0.25, 0.3) is 11.8 Å². The molecule has 1 unspecified atom stereocenters. The van der Waals surface area contributed by atoms with Crippen molar-refractivity contribution in [2.45, 2.75) is 53.0 Å². The van der Waals surface area contributed by atoms with Crippen LogP contribution in [-0.4, -0.2) is 37.0 Å². The van der Waals surface area contributed by atoms with Crippen molar-refractivity contribution in [2.75, 3.05) is 18.5 Å². The lowest BCUT2D eigenvalue weighted by atomic mass is 9.99. The molecule has 2 N–H and O–H groups in total. The van der Waals surface area contributed by atoms with Crippen LogP contribution in [0.1, 0.15) is 62.9 Å². The zero-order valence-corrected chi connectivity index (χ0v) is 20.0. The molecular weight excluding hydrogens is 420 g/mol. The van der Waals surface area contributed by atoms with E-state index in [1.165, 1.54) is 5.56 Å². The minimum Gasteiger partial charge on any atom is -0.494 e. The van der Waals surface area contributed by atoms with Crippen LogP contribution in [0.15, 0.2) is 48.5 Å². The Kier molecular flexibility index (Phi) is 9.91. The number of hydrogen-bond acceptors (Lipinski definition) is 5. The second-order valence-corrected chi connectivity index (χ2v) is 8.24. The van der Waals surface area contributed by atoms with Crippen LogP contribution < -0.4 is 15.4 Å². The number of hydrogen-bond donors (Lipinski definition) is 2. The predicted octanol–water partition coefficient (Wildman–Crippen LogP) is 4.54. The standard InChI is InChI=1S/C26H34N2O5/c1-6-18(5)19-8-12-21(13-9-19)27-23(29)16-33-26(31)24(17(3)4)28-25(30)20-10-14-22(15-11-20)32-7-2/h8-15,17-18,24H,6-7,16H2,1-5H3,(H,27,29)(H,28,30)/t18?,24-/m0/s1. The Balaban J connectivity index is 1.89. The highest BCUT2D eigenvalue weighted by Crippen LogP contribution is 2.20. The molecule has 2 aromatic rings. The van der Waals surface area contributed by atoms with Crippen molar-refractivity contribution in [1.82, 2.24) is 5.32 Å². The van der Waals surface area contributed by atoms with Gasteiger partial charge in [0.1, 0.15) is 11.8 Å². The first-order chi connectivity index (χ1) is 15.7. The summed E-state index contributed by atoms with van der Waals surface area (Å²) < 4.78 is 10.6. The van der Waals surface area contributed by atoms with Crippen LogP contribution >= 0.6 is 0 Å². The van der Waals surface area contributed by atoms with Gasteiger partial charge >= 0.3 is 5.97 Å². The van der Waals surface area contributed by atoms with E-state index >= 15 is 0 Å². The number of esters is 1. The largest absolute Gasteiger partial charge is 0.494 e. The molecule has 0 aliphatic heterocycles.